The van der Waals surface area contributed by atoms with E-state index in [1.165, 1.54) is 30.3 Å². The van der Waals surface area contributed by atoms with Gasteiger partial charge in [-0.3, -0.25) is 28.8 Å². The number of anilines is 1. The zero-order valence-corrected chi connectivity index (χ0v) is 36.4. The lowest BCUT2D eigenvalue weighted by Crippen LogP contribution is -2.43. The van der Waals surface area contributed by atoms with Gasteiger partial charge in [-0.1, -0.05) is 6.07 Å². The minimum absolute atomic E-state index is 0.0152. The summed E-state index contributed by atoms with van der Waals surface area (Å²) in [5.41, 5.74) is 6.70. The molecule has 0 bridgehead atoms. The topological polar surface area (TPSA) is 287 Å². The number of primary amides is 1. The van der Waals surface area contributed by atoms with Crippen molar-refractivity contribution >= 4 is 69.4 Å². The second-order valence-corrected chi connectivity index (χ2v) is 14.9. The first kappa shape index (κ1) is 50.7. The number of hydrogen-bond donors (Lipinski definition) is 8. The monoisotopic (exact) mass is 916 g/mol. The van der Waals surface area contributed by atoms with E-state index in [1.807, 2.05) is 0 Å². The Morgan fingerprint density at radius 3 is 2.15 bits per heavy atom. The predicted octanol–water partition coefficient (Wildman–Crippen LogP) is 3.14. The Hall–Kier alpha value is -6.92. The zero-order chi connectivity index (χ0) is 47.1. The summed E-state index contributed by atoms with van der Waals surface area (Å²) in [7, 11) is 0. The Bertz CT molecular complexity index is 2400. The van der Waals surface area contributed by atoms with Crippen LogP contribution in [-0.4, -0.2) is 103 Å². The smallest absolute Gasteiger partial charge is 0.336 e. The molecule has 9 N–H and O–H groups in total. The first-order valence-electron chi connectivity index (χ1n) is 20.7. The average Bonchev–Trinajstić information content (AvgIpc) is 3.26. The van der Waals surface area contributed by atoms with E-state index in [2.05, 4.69) is 32.5 Å². The molecule has 0 saturated carbocycles. The van der Waals surface area contributed by atoms with Gasteiger partial charge in [0.2, 0.25) is 23.6 Å². The number of terminal acetylenes is 1. The van der Waals surface area contributed by atoms with Crippen molar-refractivity contribution in [3.63, 3.8) is 0 Å². The summed E-state index contributed by atoms with van der Waals surface area (Å²) < 4.78 is 21.7. The van der Waals surface area contributed by atoms with Crippen molar-refractivity contribution < 1.29 is 57.6 Å². The van der Waals surface area contributed by atoms with E-state index in [0.717, 1.165) is 0 Å². The van der Waals surface area contributed by atoms with Crippen molar-refractivity contribution in [3.8, 4) is 40.5 Å². The quantitative estimate of drug-likeness (QED) is 0.0134. The number of ether oxygens (including phenoxy) is 3. The van der Waals surface area contributed by atoms with E-state index < -0.39 is 29.6 Å². The number of hydrogen-bond acceptors (Lipinski definition) is 13. The third-order valence-corrected chi connectivity index (χ3v) is 9.74. The summed E-state index contributed by atoms with van der Waals surface area (Å²) in [6, 6.07) is 12.1. The van der Waals surface area contributed by atoms with E-state index in [4.69, 9.17) is 43.0 Å². The molecule has 1 unspecified atom stereocenters. The maximum atomic E-state index is 13.0. The van der Waals surface area contributed by atoms with Crippen molar-refractivity contribution in [3.05, 3.63) is 70.4 Å². The zero-order valence-electron chi connectivity index (χ0n) is 35.5. The number of thiocarbonyl (C=S) groups is 1. The fourth-order valence-electron chi connectivity index (χ4n) is 6.35. The normalized spacial score (nSPS) is 11.3. The Morgan fingerprint density at radius 1 is 0.785 bits per heavy atom. The molecule has 0 radical (unpaired) electrons. The number of amides is 4. The Balaban J connectivity index is 1.17. The number of carbonyl (C=O) groups excluding carboxylic acids is 5. The van der Waals surface area contributed by atoms with Crippen molar-refractivity contribution in [2.24, 2.45) is 5.73 Å². The first-order valence-corrected chi connectivity index (χ1v) is 21.1. The van der Waals surface area contributed by atoms with Crippen molar-refractivity contribution in [2.75, 3.05) is 51.8 Å². The molecule has 1 heterocycles. The van der Waals surface area contributed by atoms with Crippen LogP contribution in [0.4, 0.5) is 5.69 Å². The van der Waals surface area contributed by atoms with Crippen LogP contribution in [0.3, 0.4) is 0 Å². The average molecular weight is 917 g/mol. The number of carboxylic acids is 1. The molecular formula is C45H52N6O13S. The van der Waals surface area contributed by atoms with Gasteiger partial charge >= 0.3 is 5.97 Å². The molecular weight excluding hydrogens is 865 g/mol. The number of carboxylic acid groups (broad SMARTS) is 1. The number of nitrogens with one attached hydrogen (secondary N) is 5. The number of aromatic carboxylic acids is 1. The van der Waals surface area contributed by atoms with Crippen LogP contribution in [0.1, 0.15) is 68.1 Å². The van der Waals surface area contributed by atoms with Gasteiger partial charge in [-0.05, 0) is 73.4 Å². The molecule has 2 aromatic carbocycles. The van der Waals surface area contributed by atoms with Gasteiger partial charge < -0.3 is 61.2 Å². The van der Waals surface area contributed by atoms with Gasteiger partial charge in [0.15, 0.2) is 16.3 Å². The number of ketones is 1. The lowest BCUT2D eigenvalue weighted by molar-refractivity contribution is -0.132. The number of aromatic hydroxyl groups is 1. The van der Waals surface area contributed by atoms with Crippen molar-refractivity contribution in [2.45, 2.75) is 63.8 Å². The van der Waals surface area contributed by atoms with Gasteiger partial charge in [-0.25, -0.2) is 4.79 Å². The molecule has 1 aliphatic carbocycles. The third-order valence-electron chi connectivity index (χ3n) is 9.50. The number of Topliss-reactive ketones (excluding diaryl/α,β-unsaturated/α-hetero) is 1. The molecule has 19 nitrogen and oxygen atoms in total. The van der Waals surface area contributed by atoms with Crippen LogP contribution in [0, 0.1) is 12.3 Å². The van der Waals surface area contributed by atoms with E-state index >= 15 is 0 Å². The third kappa shape index (κ3) is 17.3. The molecule has 2 aliphatic rings. The van der Waals surface area contributed by atoms with E-state index in [0.29, 0.717) is 73.2 Å². The van der Waals surface area contributed by atoms with E-state index in [9.17, 15) is 43.8 Å². The molecule has 65 heavy (non-hydrogen) atoms. The van der Waals surface area contributed by atoms with Crippen LogP contribution in [0.5, 0.6) is 5.75 Å². The van der Waals surface area contributed by atoms with Gasteiger partial charge in [0.25, 0.3) is 0 Å². The lowest BCUT2D eigenvalue weighted by atomic mass is 9.90. The Morgan fingerprint density at radius 2 is 1.48 bits per heavy atom. The van der Waals surface area contributed by atoms with Crippen LogP contribution in [0.15, 0.2) is 63.8 Å². The highest BCUT2D eigenvalue weighted by Gasteiger charge is 2.24. The standard InChI is InChI=1S/C45H52N6O13S/c1-2-3-6-40(56)47-18-4-21-61-26-63-27-62-22-5-19-48-41(57)16-14-36(54)35(13-15-39(46)55)51-42(58)17-20-49-45(65)50-28-7-10-31(34(23-28)44(59)60)43-32-11-8-29(52)24-37(32)64-38-25-30(53)9-12-33(38)43/h1,7-12,23-25,35,52H,3-6,13-22,26-27H2,(H2,46,55)(H,47,56)(H,48,57)(H,51,58)(H,59,60)(H2,49,50,65). The maximum Gasteiger partial charge on any atom is 0.336 e. The predicted molar refractivity (Wildman–Crippen MR) is 243 cm³/mol. The highest BCUT2D eigenvalue weighted by Crippen LogP contribution is 2.42. The van der Waals surface area contributed by atoms with Gasteiger partial charge in [0, 0.05) is 92.5 Å². The van der Waals surface area contributed by atoms with Crippen LogP contribution in [0.25, 0.3) is 33.4 Å². The number of benzene rings is 3. The molecule has 1 aliphatic heterocycles. The minimum Gasteiger partial charge on any atom is -0.508 e. The van der Waals surface area contributed by atoms with E-state index in [1.54, 1.807) is 24.3 Å². The summed E-state index contributed by atoms with van der Waals surface area (Å²) in [6.07, 6.45) is 6.18. The molecule has 4 amide bonds. The largest absolute Gasteiger partial charge is 0.508 e. The van der Waals surface area contributed by atoms with Crippen molar-refractivity contribution in [1.82, 2.24) is 21.3 Å². The Kier molecular flexibility index (Phi) is 20.8. The number of phenolic OH excluding ortho intramolecular Hbond substituents is 1. The molecule has 1 atom stereocenters. The second-order valence-electron chi connectivity index (χ2n) is 14.5. The summed E-state index contributed by atoms with van der Waals surface area (Å²) in [6.45, 7) is 1.45. The summed E-state index contributed by atoms with van der Waals surface area (Å²) in [4.78, 5) is 86.0. The van der Waals surface area contributed by atoms with Gasteiger partial charge in [0.05, 0.1) is 24.8 Å². The Labute approximate surface area is 379 Å². The number of phenols is 1. The first-order chi connectivity index (χ1) is 31.2. The van der Waals surface area contributed by atoms with Gasteiger partial charge in [0.1, 0.15) is 30.7 Å². The second kappa shape index (κ2) is 26.6. The highest BCUT2D eigenvalue weighted by molar-refractivity contribution is 7.80. The van der Waals surface area contributed by atoms with Crippen molar-refractivity contribution in [1.29, 1.82) is 0 Å². The minimum atomic E-state index is -1.25. The SMILES string of the molecule is C#CCCC(=O)NCCCOCOCOCCCNC(=O)CCC(=O)C(CCC(N)=O)NC(=O)CCNC(=S)Nc1ccc(-c2c3ccc(=O)cc-3oc3cc(O)ccc23)c(C(=O)O)c1. The molecule has 0 spiro atoms. The molecule has 0 fully saturated rings. The van der Waals surface area contributed by atoms with Gasteiger partial charge in [-0.2, -0.15) is 0 Å². The fourth-order valence-corrected chi connectivity index (χ4v) is 6.57. The summed E-state index contributed by atoms with van der Waals surface area (Å²) in [5, 5.41) is 34.7. The maximum absolute atomic E-state index is 13.0. The fraction of sp³-hybridized carbons (Fsp3) is 0.378. The summed E-state index contributed by atoms with van der Waals surface area (Å²) in [5.74, 6) is -0.865. The van der Waals surface area contributed by atoms with Crippen LogP contribution in [0.2, 0.25) is 0 Å². The number of fused-ring (bicyclic) bond motifs is 2. The molecule has 20 heteroatoms. The number of carbonyl (C=O) groups is 6. The van der Waals surface area contributed by atoms with Crippen LogP contribution >= 0.6 is 12.2 Å². The molecule has 4 rings (SSSR count). The molecule has 2 aromatic rings. The van der Waals surface area contributed by atoms with Crippen LogP contribution in [-0.2, 0) is 38.2 Å². The molecule has 0 aromatic heterocycles. The molecule has 346 valence electrons. The molecule has 0 saturated heterocycles. The summed E-state index contributed by atoms with van der Waals surface area (Å²) >= 11 is 5.39. The number of nitrogens with two attached hydrogens (primary N) is 1. The van der Waals surface area contributed by atoms with Gasteiger partial charge in [-0.15, -0.1) is 12.3 Å². The number of rotatable bonds is 28. The van der Waals surface area contributed by atoms with Crippen LogP contribution < -0.4 is 37.7 Å². The lowest BCUT2D eigenvalue weighted by Gasteiger charge is -2.18. The van der Waals surface area contributed by atoms with E-state index in [-0.39, 0.29) is 104 Å². The highest BCUT2D eigenvalue weighted by atomic mass is 32.1.